The predicted octanol–water partition coefficient (Wildman–Crippen LogP) is 3.26. The Kier molecular flexibility index (Phi) is 5.28. The highest BCUT2D eigenvalue weighted by Gasteiger charge is 2.28. The van der Waals surface area contributed by atoms with Crippen molar-refractivity contribution in [3.05, 3.63) is 42.5 Å². The zero-order chi connectivity index (χ0) is 17.6. The number of amides is 1. The van der Waals surface area contributed by atoms with Crippen molar-refractivity contribution in [1.29, 1.82) is 0 Å². The van der Waals surface area contributed by atoms with Gasteiger partial charge in [0.2, 0.25) is 6.10 Å². The Bertz CT molecular complexity index is 746. The van der Waals surface area contributed by atoms with Gasteiger partial charge in [-0.1, -0.05) is 12.1 Å². The standard InChI is InChI=1S/C19H21NO5/c1-3-22-13-9-10-15(23-4-2)14(11-13)20-19(21)18-12-24-16-7-5-6-8-17(16)25-18/h5-11,18H,3-4,12H2,1-2H3,(H,20,21)/t18-/m1/s1. The Morgan fingerprint density at radius 1 is 1.12 bits per heavy atom. The third-order valence-electron chi connectivity index (χ3n) is 3.62. The van der Waals surface area contributed by atoms with Crippen LogP contribution in [0.2, 0.25) is 0 Å². The Balaban J connectivity index is 1.75. The fourth-order valence-corrected chi connectivity index (χ4v) is 2.51. The van der Waals surface area contributed by atoms with Crippen molar-refractivity contribution < 1.29 is 23.7 Å². The van der Waals surface area contributed by atoms with Gasteiger partial charge in [0, 0.05) is 6.07 Å². The maximum absolute atomic E-state index is 12.6. The van der Waals surface area contributed by atoms with Crippen molar-refractivity contribution >= 4 is 11.6 Å². The lowest BCUT2D eigenvalue weighted by atomic mass is 10.2. The minimum atomic E-state index is -0.736. The van der Waals surface area contributed by atoms with E-state index in [1.54, 1.807) is 24.3 Å². The smallest absolute Gasteiger partial charge is 0.269 e. The number of hydrogen-bond acceptors (Lipinski definition) is 5. The number of ether oxygens (including phenoxy) is 4. The zero-order valence-corrected chi connectivity index (χ0v) is 14.3. The maximum Gasteiger partial charge on any atom is 0.269 e. The summed E-state index contributed by atoms with van der Waals surface area (Å²) in [5, 5.41) is 2.85. The monoisotopic (exact) mass is 343 g/mol. The average molecular weight is 343 g/mol. The van der Waals surface area contributed by atoms with E-state index < -0.39 is 6.10 Å². The van der Waals surface area contributed by atoms with Gasteiger partial charge in [-0.2, -0.15) is 0 Å². The van der Waals surface area contributed by atoms with Crippen LogP contribution in [0.4, 0.5) is 5.69 Å². The van der Waals surface area contributed by atoms with Gasteiger partial charge >= 0.3 is 0 Å². The van der Waals surface area contributed by atoms with Crippen LogP contribution in [-0.2, 0) is 4.79 Å². The molecule has 0 aromatic heterocycles. The summed E-state index contributed by atoms with van der Waals surface area (Å²) >= 11 is 0. The van der Waals surface area contributed by atoms with Crippen LogP contribution in [0.5, 0.6) is 23.0 Å². The first-order valence-corrected chi connectivity index (χ1v) is 8.30. The van der Waals surface area contributed by atoms with Crippen LogP contribution >= 0.6 is 0 Å². The molecule has 1 atom stereocenters. The van der Waals surface area contributed by atoms with Gasteiger partial charge in [-0.05, 0) is 38.1 Å². The number of carbonyl (C=O) groups excluding carboxylic acids is 1. The molecule has 0 saturated heterocycles. The first kappa shape index (κ1) is 17.0. The lowest BCUT2D eigenvalue weighted by Crippen LogP contribution is -2.40. The lowest BCUT2D eigenvalue weighted by molar-refractivity contribution is -0.125. The molecule has 1 heterocycles. The molecule has 0 bridgehead atoms. The number of rotatable bonds is 6. The predicted molar refractivity (Wildman–Crippen MR) is 93.8 cm³/mol. The van der Waals surface area contributed by atoms with Crippen LogP contribution in [0, 0.1) is 0 Å². The molecule has 2 aromatic rings. The summed E-state index contributed by atoms with van der Waals surface area (Å²) in [6.45, 7) is 4.97. The molecule has 3 rings (SSSR count). The van der Waals surface area contributed by atoms with E-state index in [0.29, 0.717) is 41.9 Å². The number of hydrogen-bond donors (Lipinski definition) is 1. The Labute approximate surface area is 146 Å². The second kappa shape index (κ2) is 7.79. The van der Waals surface area contributed by atoms with Gasteiger partial charge in [0.15, 0.2) is 11.5 Å². The third-order valence-corrected chi connectivity index (χ3v) is 3.62. The lowest BCUT2D eigenvalue weighted by Gasteiger charge is -2.25. The van der Waals surface area contributed by atoms with Gasteiger partial charge in [0.05, 0.1) is 18.9 Å². The molecule has 0 radical (unpaired) electrons. The molecular formula is C19H21NO5. The van der Waals surface area contributed by atoms with Gasteiger partial charge in [-0.25, -0.2) is 0 Å². The summed E-state index contributed by atoms with van der Waals surface area (Å²) in [7, 11) is 0. The fraction of sp³-hybridized carbons (Fsp3) is 0.316. The molecule has 2 aromatic carbocycles. The molecule has 25 heavy (non-hydrogen) atoms. The van der Waals surface area contributed by atoms with Crippen molar-refractivity contribution in [3.63, 3.8) is 0 Å². The molecule has 0 fully saturated rings. The van der Waals surface area contributed by atoms with E-state index in [-0.39, 0.29) is 12.5 Å². The second-order valence-corrected chi connectivity index (χ2v) is 5.38. The number of fused-ring (bicyclic) bond motifs is 1. The Morgan fingerprint density at radius 2 is 1.88 bits per heavy atom. The van der Waals surface area contributed by atoms with Crippen LogP contribution in [0.15, 0.2) is 42.5 Å². The molecule has 1 amide bonds. The van der Waals surface area contributed by atoms with E-state index in [0.717, 1.165) is 0 Å². The van der Waals surface area contributed by atoms with Crippen LogP contribution < -0.4 is 24.3 Å². The number of benzene rings is 2. The molecule has 6 heteroatoms. The van der Waals surface area contributed by atoms with Gasteiger partial charge in [0.25, 0.3) is 5.91 Å². The summed E-state index contributed by atoms with van der Waals surface area (Å²) in [4.78, 5) is 12.6. The quantitative estimate of drug-likeness (QED) is 0.872. The van der Waals surface area contributed by atoms with E-state index in [1.165, 1.54) is 0 Å². The summed E-state index contributed by atoms with van der Waals surface area (Å²) in [6.07, 6.45) is -0.736. The summed E-state index contributed by atoms with van der Waals surface area (Å²) in [5.74, 6) is 2.13. The normalized spacial score (nSPS) is 15.4. The van der Waals surface area contributed by atoms with Crippen LogP contribution in [-0.4, -0.2) is 31.8 Å². The van der Waals surface area contributed by atoms with Crippen LogP contribution in [0.25, 0.3) is 0 Å². The van der Waals surface area contributed by atoms with Gasteiger partial charge in [-0.3, -0.25) is 4.79 Å². The highest BCUT2D eigenvalue weighted by molar-refractivity contribution is 5.96. The first-order chi connectivity index (χ1) is 12.2. The van der Waals surface area contributed by atoms with Crippen molar-refractivity contribution in [2.75, 3.05) is 25.1 Å². The van der Waals surface area contributed by atoms with E-state index in [4.69, 9.17) is 18.9 Å². The molecule has 6 nitrogen and oxygen atoms in total. The van der Waals surface area contributed by atoms with Crippen molar-refractivity contribution in [2.24, 2.45) is 0 Å². The molecule has 0 unspecified atom stereocenters. The number of para-hydroxylation sites is 2. The summed E-state index contributed by atoms with van der Waals surface area (Å²) in [6, 6.07) is 12.6. The minimum absolute atomic E-state index is 0.151. The SMILES string of the molecule is CCOc1ccc(OCC)c(NC(=O)[C@H]2COc3ccccc3O2)c1. The second-order valence-electron chi connectivity index (χ2n) is 5.38. The van der Waals surface area contributed by atoms with E-state index in [2.05, 4.69) is 5.32 Å². The molecule has 132 valence electrons. The maximum atomic E-state index is 12.6. The van der Waals surface area contributed by atoms with Gasteiger partial charge in [-0.15, -0.1) is 0 Å². The average Bonchev–Trinajstić information content (AvgIpc) is 2.64. The largest absolute Gasteiger partial charge is 0.494 e. The van der Waals surface area contributed by atoms with Crippen molar-refractivity contribution in [2.45, 2.75) is 20.0 Å². The first-order valence-electron chi connectivity index (χ1n) is 8.30. The number of anilines is 1. The minimum Gasteiger partial charge on any atom is -0.494 e. The molecule has 0 aliphatic carbocycles. The highest BCUT2D eigenvalue weighted by Crippen LogP contribution is 2.33. The van der Waals surface area contributed by atoms with Gasteiger partial charge in [0.1, 0.15) is 18.1 Å². The van der Waals surface area contributed by atoms with Gasteiger partial charge < -0.3 is 24.3 Å². The van der Waals surface area contributed by atoms with E-state index in [9.17, 15) is 4.79 Å². The van der Waals surface area contributed by atoms with E-state index in [1.807, 2.05) is 32.0 Å². The Morgan fingerprint density at radius 3 is 2.64 bits per heavy atom. The molecule has 0 spiro atoms. The molecule has 1 aliphatic heterocycles. The zero-order valence-electron chi connectivity index (χ0n) is 14.3. The van der Waals surface area contributed by atoms with Crippen LogP contribution in [0.3, 0.4) is 0 Å². The number of carbonyl (C=O) groups is 1. The van der Waals surface area contributed by atoms with Crippen molar-refractivity contribution in [3.8, 4) is 23.0 Å². The molecule has 1 aliphatic rings. The number of nitrogens with one attached hydrogen (secondary N) is 1. The summed E-state index contributed by atoms with van der Waals surface area (Å²) in [5.41, 5.74) is 0.542. The molecular weight excluding hydrogens is 322 g/mol. The highest BCUT2D eigenvalue weighted by atomic mass is 16.6. The van der Waals surface area contributed by atoms with Crippen molar-refractivity contribution in [1.82, 2.24) is 0 Å². The molecule has 0 saturated carbocycles. The van der Waals surface area contributed by atoms with E-state index >= 15 is 0 Å². The topological polar surface area (TPSA) is 66.0 Å². The fourth-order valence-electron chi connectivity index (χ4n) is 2.51. The van der Waals surface area contributed by atoms with Crippen LogP contribution in [0.1, 0.15) is 13.8 Å². The molecule has 1 N–H and O–H groups in total. The third kappa shape index (κ3) is 3.96. The summed E-state index contributed by atoms with van der Waals surface area (Å²) < 4.78 is 22.4. The Hall–Kier alpha value is -2.89.